The molecule has 1 atom stereocenters. The van der Waals surface area contributed by atoms with E-state index in [-0.39, 0.29) is 0 Å². The van der Waals surface area contributed by atoms with Gasteiger partial charge in [-0.1, -0.05) is 5.16 Å². The Balaban J connectivity index is 1.64. The zero-order valence-corrected chi connectivity index (χ0v) is 11.7. The van der Waals surface area contributed by atoms with Crippen molar-refractivity contribution in [3.05, 3.63) is 35.2 Å². The van der Waals surface area contributed by atoms with Crippen molar-refractivity contribution in [2.45, 2.75) is 25.8 Å². The second-order valence-electron chi connectivity index (χ2n) is 5.36. The number of hydrogen-bond donors (Lipinski definition) is 0. The third-order valence-corrected chi connectivity index (χ3v) is 3.75. The monoisotopic (exact) mass is 271 g/mol. The van der Waals surface area contributed by atoms with Crippen LogP contribution in [-0.4, -0.2) is 32.7 Å². The van der Waals surface area contributed by atoms with E-state index >= 15 is 0 Å². The minimum Gasteiger partial charge on any atom is -0.342 e. The molecule has 6 heteroatoms. The van der Waals surface area contributed by atoms with E-state index in [0.717, 1.165) is 31.9 Å². The Morgan fingerprint density at radius 3 is 3.05 bits per heavy atom. The summed E-state index contributed by atoms with van der Waals surface area (Å²) >= 11 is 0. The molecule has 0 amide bonds. The Bertz CT molecular complexity index is 651. The van der Waals surface area contributed by atoms with Gasteiger partial charge in [0.1, 0.15) is 11.8 Å². The number of likely N-dealkylation sites (tertiary alicyclic amines) is 1. The molecule has 0 spiro atoms. The fourth-order valence-corrected chi connectivity index (χ4v) is 2.75. The van der Waals surface area contributed by atoms with Crippen LogP contribution >= 0.6 is 0 Å². The standard InChI is InChI=1S/C14H17N5O/c1-10-16-14(20-17-10)12-3-4-19(9-12)8-11-5-13(6-15)18(2)7-11/h5,7,12H,3-4,8-9H2,1-2H3. The number of aromatic nitrogens is 3. The van der Waals surface area contributed by atoms with Crippen LogP contribution in [0.5, 0.6) is 0 Å². The van der Waals surface area contributed by atoms with Crippen molar-refractivity contribution in [2.24, 2.45) is 7.05 Å². The van der Waals surface area contributed by atoms with Crippen LogP contribution in [0.3, 0.4) is 0 Å². The molecular weight excluding hydrogens is 254 g/mol. The second-order valence-corrected chi connectivity index (χ2v) is 5.36. The van der Waals surface area contributed by atoms with E-state index in [4.69, 9.17) is 9.78 Å². The molecule has 0 N–H and O–H groups in total. The van der Waals surface area contributed by atoms with E-state index < -0.39 is 0 Å². The molecule has 3 heterocycles. The predicted molar refractivity (Wildman–Crippen MR) is 71.8 cm³/mol. The largest absolute Gasteiger partial charge is 0.342 e. The van der Waals surface area contributed by atoms with Crippen molar-refractivity contribution in [2.75, 3.05) is 13.1 Å². The SMILES string of the molecule is Cc1noc(C2CCN(Cc3cc(C#N)n(C)c3)C2)n1. The van der Waals surface area contributed by atoms with Crippen LogP contribution in [-0.2, 0) is 13.6 Å². The molecule has 3 rings (SSSR count). The molecule has 1 saturated heterocycles. The molecule has 2 aromatic rings. The highest BCUT2D eigenvalue weighted by Crippen LogP contribution is 2.27. The van der Waals surface area contributed by atoms with Crippen LogP contribution in [0.1, 0.15) is 35.3 Å². The molecule has 20 heavy (non-hydrogen) atoms. The topological polar surface area (TPSA) is 70.9 Å². The first-order valence-corrected chi connectivity index (χ1v) is 6.73. The van der Waals surface area contributed by atoms with Crippen molar-refractivity contribution in [3.8, 4) is 6.07 Å². The minimum absolute atomic E-state index is 0.329. The zero-order valence-electron chi connectivity index (χ0n) is 11.7. The summed E-state index contributed by atoms with van der Waals surface area (Å²) in [7, 11) is 1.90. The van der Waals surface area contributed by atoms with E-state index in [1.165, 1.54) is 5.56 Å². The summed E-state index contributed by atoms with van der Waals surface area (Å²) in [6.45, 7) is 4.65. The zero-order chi connectivity index (χ0) is 14.1. The average Bonchev–Trinajstić information content (AvgIpc) is 3.10. The van der Waals surface area contributed by atoms with Crippen molar-refractivity contribution in [1.29, 1.82) is 5.26 Å². The Morgan fingerprint density at radius 1 is 1.55 bits per heavy atom. The van der Waals surface area contributed by atoms with E-state index in [0.29, 0.717) is 17.4 Å². The number of nitrogens with zero attached hydrogens (tertiary/aromatic N) is 5. The molecule has 6 nitrogen and oxygen atoms in total. The average molecular weight is 271 g/mol. The van der Waals surface area contributed by atoms with Gasteiger partial charge in [-0.05, 0) is 31.5 Å². The molecule has 0 aromatic carbocycles. The van der Waals surface area contributed by atoms with Crippen LogP contribution < -0.4 is 0 Å². The van der Waals surface area contributed by atoms with Crippen molar-refractivity contribution < 1.29 is 4.52 Å². The molecule has 0 aliphatic carbocycles. The van der Waals surface area contributed by atoms with Gasteiger partial charge >= 0.3 is 0 Å². The van der Waals surface area contributed by atoms with E-state index in [1.807, 2.05) is 30.8 Å². The Hall–Kier alpha value is -2.13. The maximum Gasteiger partial charge on any atom is 0.231 e. The maximum absolute atomic E-state index is 8.97. The Kier molecular flexibility index (Phi) is 3.28. The van der Waals surface area contributed by atoms with Crippen LogP contribution in [0.25, 0.3) is 0 Å². The van der Waals surface area contributed by atoms with Gasteiger partial charge in [0.15, 0.2) is 5.82 Å². The van der Waals surface area contributed by atoms with E-state index in [1.54, 1.807) is 0 Å². The smallest absolute Gasteiger partial charge is 0.231 e. The van der Waals surface area contributed by atoms with Crippen molar-refractivity contribution >= 4 is 0 Å². The normalized spacial score (nSPS) is 19.4. The molecule has 2 aromatic heterocycles. The van der Waals surface area contributed by atoms with Gasteiger partial charge < -0.3 is 9.09 Å². The van der Waals surface area contributed by atoms with E-state index in [2.05, 4.69) is 21.1 Å². The van der Waals surface area contributed by atoms with Crippen LogP contribution in [0, 0.1) is 18.3 Å². The summed E-state index contributed by atoms with van der Waals surface area (Å²) in [4.78, 5) is 6.68. The maximum atomic E-state index is 8.97. The Morgan fingerprint density at radius 2 is 2.40 bits per heavy atom. The van der Waals surface area contributed by atoms with Gasteiger partial charge in [0.25, 0.3) is 0 Å². The van der Waals surface area contributed by atoms with Gasteiger partial charge in [-0.25, -0.2) is 0 Å². The molecule has 0 saturated carbocycles. The van der Waals surface area contributed by atoms with Crippen LogP contribution in [0.4, 0.5) is 0 Å². The molecule has 0 bridgehead atoms. The van der Waals surface area contributed by atoms with Crippen LogP contribution in [0.15, 0.2) is 16.8 Å². The number of rotatable bonds is 3. The highest BCUT2D eigenvalue weighted by atomic mass is 16.5. The van der Waals surface area contributed by atoms with Crippen LogP contribution in [0.2, 0.25) is 0 Å². The summed E-state index contributed by atoms with van der Waals surface area (Å²) in [5.41, 5.74) is 1.87. The quantitative estimate of drug-likeness (QED) is 0.847. The lowest BCUT2D eigenvalue weighted by Gasteiger charge is -2.13. The van der Waals surface area contributed by atoms with Crippen molar-refractivity contribution in [3.63, 3.8) is 0 Å². The number of nitriles is 1. The van der Waals surface area contributed by atoms with Gasteiger partial charge in [0, 0.05) is 26.3 Å². The lowest BCUT2D eigenvalue weighted by atomic mass is 10.1. The fraction of sp³-hybridized carbons (Fsp3) is 0.500. The van der Waals surface area contributed by atoms with Gasteiger partial charge in [0.2, 0.25) is 5.89 Å². The predicted octanol–water partition coefficient (Wildman–Crippen LogP) is 1.58. The first-order valence-electron chi connectivity index (χ1n) is 6.73. The summed E-state index contributed by atoms with van der Waals surface area (Å²) in [6.07, 6.45) is 3.06. The number of hydrogen-bond acceptors (Lipinski definition) is 5. The molecule has 1 aliphatic heterocycles. The molecular formula is C14H17N5O. The molecule has 104 valence electrons. The molecule has 0 radical (unpaired) electrons. The molecule has 1 aliphatic rings. The summed E-state index contributed by atoms with van der Waals surface area (Å²) in [5, 5.41) is 12.8. The molecule has 1 fully saturated rings. The van der Waals surface area contributed by atoms with E-state index in [9.17, 15) is 0 Å². The number of aryl methyl sites for hydroxylation is 2. The summed E-state index contributed by atoms with van der Waals surface area (Å²) in [5.74, 6) is 1.77. The fourth-order valence-electron chi connectivity index (χ4n) is 2.75. The van der Waals surface area contributed by atoms with Gasteiger partial charge in [0.05, 0.1) is 5.92 Å². The second kappa shape index (κ2) is 5.10. The third kappa shape index (κ3) is 2.45. The summed E-state index contributed by atoms with van der Waals surface area (Å²) in [6, 6.07) is 4.14. The van der Waals surface area contributed by atoms with Gasteiger partial charge in [-0.15, -0.1) is 0 Å². The highest BCUT2D eigenvalue weighted by molar-refractivity contribution is 5.28. The first-order chi connectivity index (χ1) is 9.65. The lowest BCUT2D eigenvalue weighted by molar-refractivity contribution is 0.308. The minimum atomic E-state index is 0.329. The lowest BCUT2D eigenvalue weighted by Crippen LogP contribution is -2.19. The first kappa shape index (κ1) is 12.9. The molecule has 1 unspecified atom stereocenters. The third-order valence-electron chi connectivity index (χ3n) is 3.75. The summed E-state index contributed by atoms with van der Waals surface area (Å²) < 4.78 is 7.12. The van der Waals surface area contributed by atoms with Gasteiger partial charge in [-0.3, -0.25) is 4.90 Å². The Labute approximate surface area is 117 Å². The highest BCUT2D eigenvalue weighted by Gasteiger charge is 2.28. The van der Waals surface area contributed by atoms with Crippen molar-refractivity contribution in [1.82, 2.24) is 19.6 Å². The van der Waals surface area contributed by atoms with Gasteiger partial charge in [-0.2, -0.15) is 10.2 Å².